The lowest BCUT2D eigenvalue weighted by molar-refractivity contribution is -0.120. The molecular formula is C24H26ClN3O4. The number of aliphatic hydroxyl groups is 1. The number of β-amino-alcohol motifs (C(OH)–C–C–N with tert-alkyl or cyclic N) is 1. The van der Waals surface area contributed by atoms with E-state index in [0.717, 1.165) is 0 Å². The van der Waals surface area contributed by atoms with E-state index in [1.165, 1.54) is 4.90 Å². The summed E-state index contributed by atoms with van der Waals surface area (Å²) in [4.78, 5) is 32.5. The maximum Gasteiger partial charge on any atom is 0.282 e. The number of hydrogen-bond acceptors (Lipinski definition) is 6. The van der Waals surface area contributed by atoms with E-state index in [4.69, 9.17) is 16.3 Å². The Labute approximate surface area is 192 Å². The van der Waals surface area contributed by atoms with Crippen LogP contribution in [0.5, 0.6) is 5.75 Å². The summed E-state index contributed by atoms with van der Waals surface area (Å²) in [5, 5.41) is 9.77. The van der Waals surface area contributed by atoms with Gasteiger partial charge in [-0.3, -0.25) is 14.5 Å². The van der Waals surface area contributed by atoms with Gasteiger partial charge in [-0.25, -0.2) is 4.90 Å². The van der Waals surface area contributed by atoms with Crippen LogP contribution in [-0.4, -0.2) is 72.7 Å². The van der Waals surface area contributed by atoms with E-state index in [0.29, 0.717) is 72.6 Å². The highest BCUT2D eigenvalue weighted by Gasteiger charge is 2.43. The van der Waals surface area contributed by atoms with Crippen molar-refractivity contribution in [2.45, 2.75) is 6.92 Å². The minimum atomic E-state index is -0.353. The van der Waals surface area contributed by atoms with E-state index >= 15 is 0 Å². The molecule has 7 nitrogen and oxygen atoms in total. The highest BCUT2D eigenvalue weighted by atomic mass is 35.5. The molecule has 1 N–H and O–H groups in total. The standard InChI is InChI=1S/C24H26ClN3O4/c1-2-32-20-9-7-19(8-10-20)28-23(30)21(17-3-5-18(25)6-4-17)22(24(28)31)27-13-11-26(12-14-27)15-16-29/h3-10,29H,2,11-16H2,1H3. The molecule has 168 valence electrons. The Kier molecular flexibility index (Phi) is 6.79. The smallest absolute Gasteiger partial charge is 0.282 e. The zero-order valence-corrected chi connectivity index (χ0v) is 18.7. The van der Waals surface area contributed by atoms with Crippen molar-refractivity contribution in [2.75, 3.05) is 50.8 Å². The highest BCUT2D eigenvalue weighted by Crippen LogP contribution is 2.36. The zero-order valence-electron chi connectivity index (χ0n) is 18.0. The lowest BCUT2D eigenvalue weighted by Gasteiger charge is -2.36. The summed E-state index contributed by atoms with van der Waals surface area (Å²) in [7, 11) is 0. The van der Waals surface area contributed by atoms with Gasteiger partial charge < -0.3 is 14.7 Å². The fourth-order valence-electron chi connectivity index (χ4n) is 4.12. The van der Waals surface area contributed by atoms with Crippen LogP contribution >= 0.6 is 11.6 Å². The topological polar surface area (TPSA) is 73.3 Å². The van der Waals surface area contributed by atoms with Gasteiger partial charge in [-0.05, 0) is 48.9 Å². The molecule has 4 rings (SSSR count). The van der Waals surface area contributed by atoms with Crippen molar-refractivity contribution in [1.29, 1.82) is 0 Å². The molecule has 0 spiro atoms. The third-order valence-electron chi connectivity index (χ3n) is 5.70. The van der Waals surface area contributed by atoms with Gasteiger partial charge in [-0.1, -0.05) is 23.7 Å². The molecule has 8 heteroatoms. The Morgan fingerprint density at radius 3 is 2.19 bits per heavy atom. The highest BCUT2D eigenvalue weighted by molar-refractivity contribution is 6.45. The lowest BCUT2D eigenvalue weighted by atomic mass is 10.0. The molecule has 2 aromatic rings. The fraction of sp³-hybridized carbons (Fsp3) is 0.333. The fourth-order valence-corrected chi connectivity index (χ4v) is 4.24. The number of hydrogen-bond donors (Lipinski definition) is 1. The number of aliphatic hydroxyl groups excluding tert-OH is 1. The maximum atomic E-state index is 13.6. The SMILES string of the molecule is CCOc1ccc(N2C(=O)C(c3ccc(Cl)cc3)=C(N3CCN(CCO)CC3)C2=O)cc1. The first-order valence-electron chi connectivity index (χ1n) is 10.7. The van der Waals surface area contributed by atoms with E-state index in [2.05, 4.69) is 4.90 Å². The van der Waals surface area contributed by atoms with E-state index < -0.39 is 0 Å². The molecule has 0 atom stereocenters. The van der Waals surface area contributed by atoms with Gasteiger partial charge in [0.1, 0.15) is 11.4 Å². The lowest BCUT2D eigenvalue weighted by Crippen LogP contribution is -2.48. The number of carbonyl (C=O) groups is 2. The number of nitrogens with zero attached hydrogens (tertiary/aromatic N) is 3. The minimum absolute atomic E-state index is 0.0989. The van der Waals surface area contributed by atoms with E-state index in [1.54, 1.807) is 48.5 Å². The number of anilines is 1. The number of carbonyl (C=O) groups excluding carboxylic acids is 2. The number of rotatable bonds is 7. The molecule has 2 aromatic carbocycles. The average Bonchev–Trinajstić information content (AvgIpc) is 3.06. The molecular weight excluding hydrogens is 430 g/mol. The molecule has 1 fully saturated rings. The molecule has 0 aliphatic carbocycles. The largest absolute Gasteiger partial charge is 0.494 e. The quantitative estimate of drug-likeness (QED) is 0.647. The minimum Gasteiger partial charge on any atom is -0.494 e. The first-order chi connectivity index (χ1) is 15.5. The molecule has 2 aliphatic rings. The Morgan fingerprint density at radius 2 is 1.59 bits per heavy atom. The van der Waals surface area contributed by atoms with E-state index in [-0.39, 0.29) is 18.4 Å². The third kappa shape index (κ3) is 4.37. The molecule has 1 saturated heterocycles. The van der Waals surface area contributed by atoms with Crippen LogP contribution in [0.25, 0.3) is 5.57 Å². The first kappa shape index (κ1) is 22.3. The number of halogens is 1. The number of ether oxygens (including phenoxy) is 1. The van der Waals surface area contributed by atoms with E-state index in [1.807, 2.05) is 11.8 Å². The first-order valence-corrected chi connectivity index (χ1v) is 11.1. The van der Waals surface area contributed by atoms with E-state index in [9.17, 15) is 14.7 Å². The Bertz CT molecular complexity index is 1010. The van der Waals surface area contributed by atoms with Gasteiger partial charge in [0.05, 0.1) is 24.5 Å². The van der Waals surface area contributed by atoms with Gasteiger partial charge in [-0.15, -0.1) is 0 Å². The summed E-state index contributed by atoms with van der Waals surface area (Å²) in [6, 6.07) is 13.9. The van der Waals surface area contributed by atoms with Gasteiger partial charge in [0.25, 0.3) is 11.8 Å². The second-order valence-electron chi connectivity index (χ2n) is 7.66. The van der Waals surface area contributed by atoms with Crippen molar-refractivity contribution in [3.63, 3.8) is 0 Å². The van der Waals surface area contributed by atoms with Gasteiger partial charge in [0.15, 0.2) is 0 Å². The van der Waals surface area contributed by atoms with Crippen molar-refractivity contribution in [1.82, 2.24) is 9.80 Å². The van der Waals surface area contributed by atoms with Crippen LogP contribution in [0.15, 0.2) is 54.2 Å². The Morgan fingerprint density at radius 1 is 0.938 bits per heavy atom. The summed E-state index contributed by atoms with van der Waals surface area (Å²) in [6.45, 7) is 5.76. The second-order valence-corrected chi connectivity index (χ2v) is 8.09. The van der Waals surface area contributed by atoms with Crippen molar-refractivity contribution >= 4 is 34.7 Å². The van der Waals surface area contributed by atoms with Gasteiger partial charge in [-0.2, -0.15) is 0 Å². The monoisotopic (exact) mass is 455 g/mol. The van der Waals surface area contributed by atoms with Crippen LogP contribution < -0.4 is 9.64 Å². The summed E-state index contributed by atoms with van der Waals surface area (Å²) in [5.41, 5.74) is 1.96. The summed E-state index contributed by atoms with van der Waals surface area (Å²) >= 11 is 6.05. The van der Waals surface area contributed by atoms with Crippen LogP contribution in [0.2, 0.25) is 5.02 Å². The van der Waals surface area contributed by atoms with Crippen LogP contribution in [-0.2, 0) is 9.59 Å². The molecule has 2 amide bonds. The molecule has 0 radical (unpaired) electrons. The normalized spacial score (nSPS) is 17.5. The molecule has 2 heterocycles. The molecule has 0 aromatic heterocycles. The molecule has 2 aliphatic heterocycles. The van der Waals surface area contributed by atoms with Crippen LogP contribution in [0, 0.1) is 0 Å². The van der Waals surface area contributed by atoms with Crippen LogP contribution in [0.1, 0.15) is 12.5 Å². The van der Waals surface area contributed by atoms with Crippen LogP contribution in [0.3, 0.4) is 0 Å². The predicted molar refractivity (Wildman–Crippen MR) is 124 cm³/mol. The number of amides is 2. The number of imide groups is 1. The molecule has 0 saturated carbocycles. The van der Waals surface area contributed by atoms with Gasteiger partial charge in [0.2, 0.25) is 0 Å². The van der Waals surface area contributed by atoms with Crippen molar-refractivity contribution in [3.05, 3.63) is 64.8 Å². The number of benzene rings is 2. The summed E-state index contributed by atoms with van der Waals surface area (Å²) in [5.74, 6) is -0.00422. The number of piperazine rings is 1. The maximum absolute atomic E-state index is 13.6. The van der Waals surface area contributed by atoms with Crippen molar-refractivity contribution < 1.29 is 19.4 Å². The predicted octanol–water partition coefficient (Wildman–Crippen LogP) is 2.63. The third-order valence-corrected chi connectivity index (χ3v) is 5.95. The van der Waals surface area contributed by atoms with Crippen molar-refractivity contribution in [3.8, 4) is 5.75 Å². The summed E-state index contributed by atoms with van der Waals surface area (Å²) in [6.07, 6.45) is 0. The van der Waals surface area contributed by atoms with Crippen molar-refractivity contribution in [2.24, 2.45) is 0 Å². The summed E-state index contributed by atoms with van der Waals surface area (Å²) < 4.78 is 5.48. The zero-order chi connectivity index (χ0) is 22.7. The molecule has 32 heavy (non-hydrogen) atoms. The van der Waals surface area contributed by atoms with Gasteiger partial charge in [0, 0.05) is 37.7 Å². The second kappa shape index (κ2) is 9.73. The Hall–Kier alpha value is -2.87. The average molecular weight is 456 g/mol. The van der Waals surface area contributed by atoms with Gasteiger partial charge >= 0.3 is 0 Å². The molecule has 0 unspecified atom stereocenters. The molecule has 0 bridgehead atoms. The Balaban J connectivity index is 1.69. The van der Waals surface area contributed by atoms with Crippen LogP contribution in [0.4, 0.5) is 5.69 Å².